The van der Waals surface area contributed by atoms with Crippen LogP contribution in [0.5, 0.6) is 0 Å². The highest BCUT2D eigenvalue weighted by atomic mass is 16.6. The van der Waals surface area contributed by atoms with E-state index in [0.717, 1.165) is 0 Å². The molecule has 1 aromatic carbocycles. The smallest absolute Gasteiger partial charge is 0.339 e. The largest absolute Gasteiger partial charge is 0.462 e. The predicted octanol–water partition coefficient (Wildman–Crippen LogP) is 2.68. The number of aromatic nitrogens is 1. The second-order valence-electron chi connectivity index (χ2n) is 6.56. The molecule has 30 heavy (non-hydrogen) atoms. The standard InChI is InChI=1S/C20H23N3O7/c1-5-29-20(26)16-8-13(3)22(14(16)4)10-19(25)30-11-18(24)21-17-9-15(23(27)28)7-6-12(17)2/h6-9H,5,10-11H2,1-4H3,(H,21,24). The van der Waals surface area contributed by atoms with Crippen molar-refractivity contribution >= 4 is 29.2 Å². The van der Waals surface area contributed by atoms with E-state index in [0.29, 0.717) is 22.5 Å². The first-order valence-corrected chi connectivity index (χ1v) is 9.18. The van der Waals surface area contributed by atoms with Crippen LogP contribution < -0.4 is 5.32 Å². The Balaban J connectivity index is 1.97. The molecule has 0 fully saturated rings. The van der Waals surface area contributed by atoms with Gasteiger partial charge in [-0.3, -0.25) is 19.7 Å². The maximum absolute atomic E-state index is 12.2. The molecule has 10 heteroatoms. The van der Waals surface area contributed by atoms with Crippen LogP contribution in [0.3, 0.4) is 0 Å². The third-order valence-electron chi connectivity index (χ3n) is 4.43. The number of carbonyl (C=O) groups excluding carboxylic acids is 3. The molecule has 0 bridgehead atoms. The molecule has 0 spiro atoms. The van der Waals surface area contributed by atoms with E-state index in [-0.39, 0.29) is 24.5 Å². The summed E-state index contributed by atoms with van der Waals surface area (Å²) in [6, 6.07) is 5.70. The Hall–Kier alpha value is -3.69. The average Bonchev–Trinajstić information content (AvgIpc) is 2.96. The van der Waals surface area contributed by atoms with Crippen LogP contribution in [0.15, 0.2) is 24.3 Å². The van der Waals surface area contributed by atoms with E-state index in [1.165, 1.54) is 18.2 Å². The Kier molecular flexibility index (Phi) is 7.29. The summed E-state index contributed by atoms with van der Waals surface area (Å²) < 4.78 is 11.6. The molecule has 2 rings (SSSR count). The summed E-state index contributed by atoms with van der Waals surface area (Å²) >= 11 is 0. The minimum Gasteiger partial charge on any atom is -0.462 e. The van der Waals surface area contributed by atoms with Crippen molar-refractivity contribution in [1.82, 2.24) is 4.57 Å². The third kappa shape index (κ3) is 5.43. The van der Waals surface area contributed by atoms with Gasteiger partial charge in [0.15, 0.2) is 6.61 Å². The molecule has 2 aromatic rings. The van der Waals surface area contributed by atoms with Crippen LogP contribution in [0, 0.1) is 30.9 Å². The fraction of sp³-hybridized carbons (Fsp3) is 0.350. The number of hydrogen-bond acceptors (Lipinski definition) is 7. The number of rotatable bonds is 8. The highest BCUT2D eigenvalue weighted by Gasteiger charge is 2.19. The van der Waals surface area contributed by atoms with Crippen molar-refractivity contribution < 1.29 is 28.8 Å². The monoisotopic (exact) mass is 417 g/mol. The Bertz CT molecular complexity index is 995. The number of nitro groups is 1. The number of aryl methyl sites for hydroxylation is 2. The van der Waals surface area contributed by atoms with Crippen LogP contribution in [0.2, 0.25) is 0 Å². The molecule has 0 aliphatic rings. The van der Waals surface area contributed by atoms with Crippen LogP contribution in [0.1, 0.15) is 34.2 Å². The van der Waals surface area contributed by atoms with E-state index >= 15 is 0 Å². The van der Waals surface area contributed by atoms with E-state index in [4.69, 9.17) is 9.47 Å². The van der Waals surface area contributed by atoms with Crippen molar-refractivity contribution in [3.63, 3.8) is 0 Å². The van der Waals surface area contributed by atoms with Crippen LogP contribution >= 0.6 is 0 Å². The number of benzene rings is 1. The number of esters is 2. The number of carbonyl (C=O) groups is 3. The third-order valence-corrected chi connectivity index (χ3v) is 4.43. The second-order valence-corrected chi connectivity index (χ2v) is 6.56. The highest BCUT2D eigenvalue weighted by Crippen LogP contribution is 2.21. The summed E-state index contributed by atoms with van der Waals surface area (Å²) in [6.07, 6.45) is 0. The highest BCUT2D eigenvalue weighted by molar-refractivity contribution is 5.94. The topological polar surface area (TPSA) is 130 Å². The van der Waals surface area contributed by atoms with Crippen molar-refractivity contribution in [1.29, 1.82) is 0 Å². The molecule has 1 aromatic heterocycles. The van der Waals surface area contributed by atoms with Crippen LogP contribution in [-0.2, 0) is 25.6 Å². The summed E-state index contributed by atoms with van der Waals surface area (Å²) in [4.78, 5) is 46.5. The quantitative estimate of drug-likeness (QED) is 0.397. The molecule has 0 unspecified atom stereocenters. The maximum Gasteiger partial charge on any atom is 0.339 e. The second kappa shape index (κ2) is 9.68. The van der Waals surface area contributed by atoms with Gasteiger partial charge in [0.05, 0.1) is 22.8 Å². The van der Waals surface area contributed by atoms with Crippen molar-refractivity contribution in [3.8, 4) is 0 Å². The lowest BCUT2D eigenvalue weighted by Crippen LogP contribution is -2.24. The van der Waals surface area contributed by atoms with Crippen LogP contribution in [0.4, 0.5) is 11.4 Å². The molecule has 0 radical (unpaired) electrons. The number of hydrogen-bond donors (Lipinski definition) is 1. The minimum absolute atomic E-state index is 0.163. The summed E-state index contributed by atoms with van der Waals surface area (Å²) in [5.74, 6) is -1.77. The van der Waals surface area contributed by atoms with Gasteiger partial charge >= 0.3 is 11.9 Å². The van der Waals surface area contributed by atoms with Gasteiger partial charge in [-0.1, -0.05) is 6.07 Å². The normalized spacial score (nSPS) is 10.4. The maximum atomic E-state index is 12.2. The predicted molar refractivity (Wildman–Crippen MR) is 107 cm³/mol. The number of nitro benzene ring substituents is 1. The van der Waals surface area contributed by atoms with Gasteiger partial charge in [0.25, 0.3) is 11.6 Å². The van der Waals surface area contributed by atoms with E-state index in [9.17, 15) is 24.5 Å². The van der Waals surface area contributed by atoms with E-state index in [1.807, 2.05) is 0 Å². The molecule has 0 atom stereocenters. The SMILES string of the molecule is CCOC(=O)c1cc(C)n(CC(=O)OCC(=O)Nc2cc([N+](=O)[O-])ccc2C)c1C. The molecule has 0 saturated heterocycles. The Morgan fingerprint density at radius 3 is 2.47 bits per heavy atom. The summed E-state index contributed by atoms with van der Waals surface area (Å²) in [5, 5.41) is 13.4. The Morgan fingerprint density at radius 2 is 1.83 bits per heavy atom. The van der Waals surface area contributed by atoms with Crippen molar-refractivity contribution in [3.05, 3.63) is 56.9 Å². The molecule has 0 saturated carbocycles. The first-order valence-electron chi connectivity index (χ1n) is 9.18. The lowest BCUT2D eigenvalue weighted by molar-refractivity contribution is -0.384. The summed E-state index contributed by atoms with van der Waals surface area (Å²) in [5.41, 5.74) is 2.32. The van der Waals surface area contributed by atoms with Gasteiger partial charge in [-0.15, -0.1) is 0 Å². The number of amides is 1. The number of nitrogens with one attached hydrogen (secondary N) is 1. The first-order chi connectivity index (χ1) is 14.1. The molecular formula is C20H23N3O7. The van der Waals surface area contributed by atoms with E-state index < -0.39 is 29.4 Å². The molecule has 0 aliphatic carbocycles. The summed E-state index contributed by atoms with van der Waals surface area (Å²) in [7, 11) is 0. The van der Waals surface area contributed by atoms with Crippen molar-refractivity contribution in [2.75, 3.05) is 18.5 Å². The number of ether oxygens (including phenoxy) is 2. The van der Waals surface area contributed by atoms with Gasteiger partial charge in [0.1, 0.15) is 6.54 Å². The molecule has 1 N–H and O–H groups in total. The molecular weight excluding hydrogens is 394 g/mol. The number of anilines is 1. The van der Waals surface area contributed by atoms with Gasteiger partial charge in [0.2, 0.25) is 0 Å². The Morgan fingerprint density at radius 1 is 1.13 bits per heavy atom. The van der Waals surface area contributed by atoms with Gasteiger partial charge in [0, 0.05) is 23.5 Å². The zero-order chi connectivity index (χ0) is 22.4. The number of nitrogens with zero attached hydrogens (tertiary/aromatic N) is 2. The molecule has 0 aliphatic heterocycles. The van der Waals surface area contributed by atoms with E-state index in [1.54, 1.807) is 38.3 Å². The minimum atomic E-state index is -0.668. The molecule has 10 nitrogen and oxygen atoms in total. The number of non-ortho nitro benzene ring substituents is 1. The zero-order valence-electron chi connectivity index (χ0n) is 17.2. The summed E-state index contributed by atoms with van der Waals surface area (Å²) in [6.45, 7) is 6.32. The lowest BCUT2D eigenvalue weighted by atomic mass is 10.2. The lowest BCUT2D eigenvalue weighted by Gasteiger charge is -2.11. The fourth-order valence-electron chi connectivity index (χ4n) is 2.83. The fourth-order valence-corrected chi connectivity index (χ4v) is 2.83. The zero-order valence-corrected chi connectivity index (χ0v) is 17.2. The van der Waals surface area contributed by atoms with Crippen molar-refractivity contribution in [2.45, 2.75) is 34.2 Å². The van der Waals surface area contributed by atoms with Gasteiger partial charge < -0.3 is 19.4 Å². The van der Waals surface area contributed by atoms with E-state index in [2.05, 4.69) is 5.32 Å². The van der Waals surface area contributed by atoms with Gasteiger partial charge in [-0.2, -0.15) is 0 Å². The Labute approximate surface area is 172 Å². The first kappa shape index (κ1) is 22.6. The molecule has 160 valence electrons. The van der Waals surface area contributed by atoms with Crippen LogP contribution in [-0.4, -0.2) is 40.5 Å². The van der Waals surface area contributed by atoms with Crippen LogP contribution in [0.25, 0.3) is 0 Å². The average molecular weight is 417 g/mol. The van der Waals surface area contributed by atoms with Gasteiger partial charge in [-0.25, -0.2) is 4.79 Å². The molecule has 1 heterocycles. The van der Waals surface area contributed by atoms with Gasteiger partial charge in [-0.05, 0) is 39.3 Å². The molecule has 1 amide bonds. The van der Waals surface area contributed by atoms with Crippen molar-refractivity contribution in [2.24, 2.45) is 0 Å².